The first kappa shape index (κ1) is 85.5. The second kappa shape index (κ2) is 36.1. The van der Waals surface area contributed by atoms with Crippen LogP contribution in [0, 0.1) is 0 Å². The molecule has 0 aliphatic heterocycles. The molecule has 144 heavy (non-hydrogen) atoms. The number of hydrogen-bond donors (Lipinski definition) is 0. The van der Waals surface area contributed by atoms with Gasteiger partial charge in [0.25, 0.3) is 0 Å². The van der Waals surface area contributed by atoms with Crippen LogP contribution in [0.3, 0.4) is 0 Å². The van der Waals surface area contributed by atoms with Gasteiger partial charge in [0.1, 0.15) is 33.5 Å². The fourth-order valence-electron chi connectivity index (χ4n) is 21.1. The smallest absolute Gasteiger partial charge is 0.231 e. The number of benzene rings is 21. The summed E-state index contributed by atoms with van der Waals surface area (Å²) in [5.74, 6) is 2.02. The maximum absolute atomic E-state index is 6.48. The average Bonchev–Trinajstić information content (AvgIpc) is 1.54. The molecule has 0 N–H and O–H groups in total. The van der Waals surface area contributed by atoms with Crippen molar-refractivity contribution in [3.63, 3.8) is 0 Å². The van der Waals surface area contributed by atoms with Crippen LogP contribution in [-0.4, -0.2) is 29.9 Å². The van der Waals surface area contributed by atoms with Crippen molar-refractivity contribution < 1.29 is 13.3 Å². The molecule has 6 heterocycles. The molecule has 21 aromatic carbocycles. The van der Waals surface area contributed by atoms with Gasteiger partial charge in [0.05, 0.1) is 22.5 Å². The lowest BCUT2D eigenvalue weighted by Gasteiger charge is -2.25. The molecular formula is C135H88N6O3. The molecule has 9 nitrogen and oxygen atoms in total. The Balaban J connectivity index is 0.000000112. The molecule has 27 aromatic rings. The zero-order valence-corrected chi connectivity index (χ0v) is 78.8. The van der Waals surface area contributed by atoms with Gasteiger partial charge >= 0.3 is 0 Å². The molecule has 1 aliphatic rings. The summed E-state index contributed by atoms with van der Waals surface area (Å²) in [6.07, 6.45) is 0. The van der Waals surface area contributed by atoms with E-state index < -0.39 is 0 Å². The maximum atomic E-state index is 6.48. The molecule has 9 heteroatoms. The minimum Gasteiger partial charge on any atom is -0.456 e. The topological polar surface area (TPSA) is 117 Å². The summed E-state index contributed by atoms with van der Waals surface area (Å²) >= 11 is 0. The molecular weight excluding hydrogens is 1750 g/mol. The highest BCUT2D eigenvalue weighted by molar-refractivity contribution is 6.14. The van der Waals surface area contributed by atoms with Crippen molar-refractivity contribution in [1.29, 1.82) is 0 Å². The van der Waals surface area contributed by atoms with Crippen LogP contribution in [0.1, 0.15) is 25.0 Å². The Morgan fingerprint density at radius 2 is 0.542 bits per heavy atom. The lowest BCUT2D eigenvalue weighted by atomic mass is 9.79. The lowest BCUT2D eigenvalue weighted by molar-refractivity contribution is 0.653. The zero-order valence-electron chi connectivity index (χ0n) is 78.8. The normalized spacial score (nSPS) is 12.0. The third-order valence-electron chi connectivity index (χ3n) is 28.1. The number of nitrogens with zero attached hydrogens (tertiary/aromatic N) is 6. The number of fused-ring (bicyclic) bond motifs is 16. The van der Waals surface area contributed by atoms with Gasteiger partial charge in [-0.1, -0.05) is 414 Å². The van der Waals surface area contributed by atoms with E-state index in [0.717, 1.165) is 183 Å². The largest absolute Gasteiger partial charge is 0.456 e. The second-order valence-electron chi connectivity index (χ2n) is 37.5. The molecule has 0 amide bonds. The Bertz CT molecular complexity index is 9580. The van der Waals surface area contributed by atoms with Crippen molar-refractivity contribution in [3.05, 3.63) is 509 Å². The Morgan fingerprint density at radius 1 is 0.174 bits per heavy atom. The molecule has 1 aliphatic carbocycles. The molecule has 0 atom stereocenters. The van der Waals surface area contributed by atoms with Crippen LogP contribution in [-0.2, 0) is 5.41 Å². The molecule has 0 spiro atoms. The summed E-state index contributed by atoms with van der Waals surface area (Å²) < 4.78 is 18.9. The van der Waals surface area contributed by atoms with E-state index in [4.69, 9.17) is 43.2 Å². The Kier molecular flexibility index (Phi) is 21.4. The van der Waals surface area contributed by atoms with Crippen molar-refractivity contribution in [3.8, 4) is 168 Å². The molecule has 6 aromatic heterocycles. The van der Waals surface area contributed by atoms with Crippen molar-refractivity contribution in [1.82, 2.24) is 29.9 Å². The number of furan rings is 3. The van der Waals surface area contributed by atoms with Gasteiger partial charge in [-0.3, -0.25) is 0 Å². The molecule has 0 saturated heterocycles. The van der Waals surface area contributed by atoms with E-state index in [1.165, 1.54) is 66.1 Å². The first-order chi connectivity index (χ1) is 71.1. The van der Waals surface area contributed by atoms with Crippen molar-refractivity contribution in [2.75, 3.05) is 0 Å². The summed E-state index contributed by atoms with van der Waals surface area (Å²) in [7, 11) is 0. The molecule has 0 bridgehead atoms. The first-order valence-corrected chi connectivity index (χ1v) is 48.8. The van der Waals surface area contributed by atoms with Crippen molar-refractivity contribution in [2.24, 2.45) is 0 Å². The summed E-state index contributed by atoms with van der Waals surface area (Å²) in [6, 6.07) is 175. The molecule has 676 valence electrons. The lowest BCUT2D eigenvalue weighted by Crippen LogP contribution is -2.18. The predicted octanol–water partition coefficient (Wildman–Crippen LogP) is 36.2. The highest BCUT2D eigenvalue weighted by Crippen LogP contribution is 2.55. The van der Waals surface area contributed by atoms with Crippen molar-refractivity contribution >= 4 is 98.4 Å². The van der Waals surface area contributed by atoms with Gasteiger partial charge < -0.3 is 13.3 Å². The standard InChI is InChI=1S/C53H36N2O.C44H28N2O.C38H24N2O/c1-53(2)48-42-21-10-9-16-34(42)24-26-44(48)51-49(53)50(35-17-7-4-8-18-35)54-52(55-51)41-30-39(33-14-5-3-6-15-33)29-40(31-41)37-20-13-19-36(28-37)38-25-27-47-45(32-38)43-22-11-12-23-46(43)56-47;1-4-12-29(13-5-1)36-24-37(30-14-6-2-7-15-30)26-38(25-36)31-20-22-33(23-21-31)44-45-41(32-16-8-3-9-17-32)43-42(46-44)39-27-34-18-10-11-19-35(34)28-40(39)47-43;1-3-12-25(13-4-1)28-22-29(32-20-11-17-26-14-7-8-18-31(26)32)24-30(23-28)37-39-36(27-15-5-2-6-16-27)35-33-19-9-10-21-34(33)41-38(35)40-37/h3-32H,1-2H3;1-28H;1-24H. The van der Waals surface area contributed by atoms with E-state index in [2.05, 4.69) is 432 Å². The van der Waals surface area contributed by atoms with E-state index in [1.807, 2.05) is 78.9 Å². The summed E-state index contributed by atoms with van der Waals surface area (Å²) in [6.45, 7) is 4.65. The molecule has 0 fully saturated rings. The van der Waals surface area contributed by atoms with E-state index in [9.17, 15) is 0 Å². The number of aromatic nitrogens is 6. The predicted molar refractivity (Wildman–Crippen MR) is 594 cm³/mol. The molecule has 0 radical (unpaired) electrons. The van der Waals surface area contributed by atoms with Crippen molar-refractivity contribution in [2.45, 2.75) is 19.3 Å². The van der Waals surface area contributed by atoms with Crippen LogP contribution in [0.5, 0.6) is 0 Å². The minimum absolute atomic E-state index is 0.307. The highest BCUT2D eigenvalue weighted by Gasteiger charge is 2.42. The molecule has 0 saturated carbocycles. The van der Waals surface area contributed by atoms with Gasteiger partial charge in [0, 0.05) is 71.5 Å². The van der Waals surface area contributed by atoms with E-state index in [-0.39, 0.29) is 5.41 Å². The fourth-order valence-corrected chi connectivity index (χ4v) is 21.1. The molecule has 0 unspecified atom stereocenters. The van der Waals surface area contributed by atoms with Gasteiger partial charge in [-0.2, -0.15) is 4.98 Å². The van der Waals surface area contributed by atoms with Gasteiger partial charge in [-0.25, -0.2) is 24.9 Å². The van der Waals surface area contributed by atoms with Gasteiger partial charge in [-0.15, -0.1) is 0 Å². The van der Waals surface area contributed by atoms with Crippen LogP contribution in [0.4, 0.5) is 0 Å². The van der Waals surface area contributed by atoms with Crippen LogP contribution in [0.2, 0.25) is 0 Å². The third-order valence-corrected chi connectivity index (χ3v) is 28.1. The maximum Gasteiger partial charge on any atom is 0.231 e. The van der Waals surface area contributed by atoms with E-state index in [1.54, 1.807) is 0 Å². The second-order valence-corrected chi connectivity index (χ2v) is 37.5. The van der Waals surface area contributed by atoms with Crippen LogP contribution < -0.4 is 0 Å². The number of hydrogen-bond acceptors (Lipinski definition) is 9. The van der Waals surface area contributed by atoms with Crippen LogP contribution >= 0.6 is 0 Å². The molecule has 28 rings (SSSR count). The summed E-state index contributed by atoms with van der Waals surface area (Å²) in [5.41, 5.74) is 36.9. The number of para-hydroxylation sites is 2. The fraction of sp³-hybridized carbons (Fsp3) is 0.0222. The van der Waals surface area contributed by atoms with Gasteiger partial charge in [0.2, 0.25) is 5.71 Å². The summed E-state index contributed by atoms with van der Waals surface area (Å²) in [5, 5.41) is 12.4. The Hall–Kier alpha value is -19.0. The average molecular weight is 1840 g/mol. The summed E-state index contributed by atoms with van der Waals surface area (Å²) in [4.78, 5) is 31.5. The first-order valence-electron chi connectivity index (χ1n) is 48.8. The Labute approximate surface area is 831 Å². The van der Waals surface area contributed by atoms with Crippen LogP contribution in [0.25, 0.3) is 267 Å². The minimum atomic E-state index is -0.307. The van der Waals surface area contributed by atoms with Gasteiger partial charge in [-0.05, 0) is 224 Å². The number of rotatable bonds is 14. The zero-order chi connectivity index (χ0) is 95.7. The highest BCUT2D eigenvalue weighted by atomic mass is 16.3. The van der Waals surface area contributed by atoms with Crippen LogP contribution in [0.15, 0.2) is 511 Å². The SMILES string of the molecule is CC1(C)c2c(-c3ccccc3)nc(-c3cc(-c4ccccc4)cc(-c4cccc(-c5ccc6oc7ccccc7c6c5)c4)c3)nc2-c2ccc3ccccc3c21.c1ccc(-c2cc(-c3ccccc3)cc(-c3ccc(-c4nc(-c5ccccc5)c5oc6cc7ccccc7cc6c5n4)cc3)c2)cc1.c1ccc(-c2cc(-c3nc(-c4ccccc4)c4c(n3)oc3ccccc34)cc(-c3cccc4ccccc34)c2)cc1. The Morgan fingerprint density at radius 3 is 1.13 bits per heavy atom. The third kappa shape index (κ3) is 15.8. The van der Waals surface area contributed by atoms with Gasteiger partial charge in [0.15, 0.2) is 23.1 Å². The van der Waals surface area contributed by atoms with E-state index in [0.29, 0.717) is 28.8 Å². The van der Waals surface area contributed by atoms with E-state index >= 15 is 0 Å². The quantitative estimate of drug-likeness (QED) is 0.105. The monoisotopic (exact) mass is 1840 g/mol.